The van der Waals surface area contributed by atoms with Crippen LogP contribution in [0.3, 0.4) is 0 Å². The van der Waals surface area contributed by atoms with E-state index < -0.39 is 0 Å². The van der Waals surface area contributed by atoms with Gasteiger partial charge in [-0.3, -0.25) is 9.59 Å². The van der Waals surface area contributed by atoms with Crippen LogP contribution in [0.2, 0.25) is 10.0 Å². The molecule has 29 heavy (non-hydrogen) atoms. The SMILES string of the molecule is O=C(CCc1nc2ccccc2c(=O)[nH]1)Nc1nc(-c2ccc(Cl)cc2Cl)cs1. The van der Waals surface area contributed by atoms with Gasteiger partial charge in [0.05, 0.1) is 21.6 Å². The van der Waals surface area contributed by atoms with Crippen LogP contribution in [-0.4, -0.2) is 20.9 Å². The van der Waals surface area contributed by atoms with Gasteiger partial charge in [0.25, 0.3) is 5.56 Å². The Balaban J connectivity index is 1.42. The average Bonchev–Trinajstić information content (AvgIpc) is 3.14. The van der Waals surface area contributed by atoms with E-state index in [9.17, 15) is 9.59 Å². The minimum Gasteiger partial charge on any atom is -0.310 e. The van der Waals surface area contributed by atoms with E-state index in [1.807, 2.05) is 11.4 Å². The third-order valence-corrected chi connectivity index (χ3v) is 5.51. The number of anilines is 1. The molecule has 2 N–H and O–H groups in total. The third kappa shape index (κ3) is 4.48. The number of benzene rings is 2. The maximum Gasteiger partial charge on any atom is 0.258 e. The summed E-state index contributed by atoms with van der Waals surface area (Å²) < 4.78 is 0. The summed E-state index contributed by atoms with van der Waals surface area (Å²) >= 11 is 13.4. The van der Waals surface area contributed by atoms with E-state index >= 15 is 0 Å². The van der Waals surface area contributed by atoms with Crippen molar-refractivity contribution in [1.29, 1.82) is 0 Å². The largest absolute Gasteiger partial charge is 0.310 e. The van der Waals surface area contributed by atoms with E-state index in [0.717, 1.165) is 5.56 Å². The van der Waals surface area contributed by atoms with Crippen molar-refractivity contribution in [2.75, 3.05) is 5.32 Å². The highest BCUT2D eigenvalue weighted by atomic mass is 35.5. The Morgan fingerprint density at radius 1 is 1.14 bits per heavy atom. The number of carbonyl (C=O) groups is 1. The lowest BCUT2D eigenvalue weighted by molar-refractivity contribution is -0.116. The number of thiazole rings is 1. The Bertz CT molecular complexity index is 1270. The van der Waals surface area contributed by atoms with Crippen molar-refractivity contribution in [1.82, 2.24) is 15.0 Å². The fraction of sp³-hybridized carbons (Fsp3) is 0.100. The molecule has 4 aromatic rings. The number of aromatic nitrogens is 3. The molecule has 0 saturated heterocycles. The molecule has 1 amide bonds. The van der Waals surface area contributed by atoms with Gasteiger partial charge in [-0.25, -0.2) is 9.97 Å². The monoisotopic (exact) mass is 444 g/mol. The number of carbonyl (C=O) groups excluding carboxylic acids is 1. The molecule has 6 nitrogen and oxygen atoms in total. The normalized spacial score (nSPS) is 11.0. The molecule has 0 radical (unpaired) electrons. The van der Waals surface area contributed by atoms with Crippen molar-refractivity contribution in [3.8, 4) is 11.3 Å². The van der Waals surface area contributed by atoms with Crippen LogP contribution in [0.15, 0.2) is 52.6 Å². The molecule has 0 aliphatic carbocycles. The second-order valence-corrected chi connectivity index (χ2v) is 7.94. The van der Waals surface area contributed by atoms with Gasteiger partial charge in [-0.2, -0.15) is 0 Å². The summed E-state index contributed by atoms with van der Waals surface area (Å²) in [4.78, 5) is 35.9. The van der Waals surface area contributed by atoms with Gasteiger partial charge in [0.1, 0.15) is 5.82 Å². The van der Waals surface area contributed by atoms with Crippen LogP contribution in [0.5, 0.6) is 0 Å². The standard InChI is InChI=1S/C20H14Cl2N4O2S/c21-11-5-6-12(14(22)9-11)16-10-29-20(24-16)26-18(27)8-7-17-23-15-4-2-1-3-13(15)19(28)25-17/h1-6,9-10H,7-8H2,(H,23,25,28)(H,24,26,27). The molecule has 9 heteroatoms. The highest BCUT2D eigenvalue weighted by Gasteiger charge is 2.12. The Kier molecular flexibility index (Phi) is 5.62. The van der Waals surface area contributed by atoms with Crippen molar-refractivity contribution in [2.45, 2.75) is 12.8 Å². The molecule has 0 unspecified atom stereocenters. The Hall–Kier alpha value is -2.74. The summed E-state index contributed by atoms with van der Waals surface area (Å²) in [5, 5.41) is 6.61. The highest BCUT2D eigenvalue weighted by Crippen LogP contribution is 2.32. The zero-order chi connectivity index (χ0) is 20.4. The predicted octanol–water partition coefficient (Wildman–Crippen LogP) is 4.92. The van der Waals surface area contributed by atoms with Gasteiger partial charge in [0.15, 0.2) is 5.13 Å². The van der Waals surface area contributed by atoms with Gasteiger partial charge in [-0.15, -0.1) is 11.3 Å². The number of halogens is 2. The van der Waals surface area contributed by atoms with Crippen LogP contribution in [0.25, 0.3) is 22.2 Å². The van der Waals surface area contributed by atoms with Crippen LogP contribution in [-0.2, 0) is 11.2 Å². The molecule has 2 aromatic heterocycles. The molecule has 4 rings (SSSR count). The quantitative estimate of drug-likeness (QED) is 0.456. The van der Waals surface area contributed by atoms with Crippen LogP contribution in [0.1, 0.15) is 12.2 Å². The minimum absolute atomic E-state index is 0.165. The van der Waals surface area contributed by atoms with E-state index in [4.69, 9.17) is 23.2 Å². The van der Waals surface area contributed by atoms with Gasteiger partial charge in [-0.1, -0.05) is 35.3 Å². The first-order valence-electron chi connectivity index (χ1n) is 8.68. The summed E-state index contributed by atoms with van der Waals surface area (Å²) in [6.45, 7) is 0. The number of nitrogens with one attached hydrogen (secondary N) is 2. The zero-order valence-electron chi connectivity index (χ0n) is 14.9. The summed E-state index contributed by atoms with van der Waals surface area (Å²) in [6.07, 6.45) is 0.477. The summed E-state index contributed by atoms with van der Waals surface area (Å²) in [5.41, 5.74) is 1.80. The number of para-hydroxylation sites is 1. The van der Waals surface area contributed by atoms with Crippen molar-refractivity contribution >= 4 is 56.5 Å². The molecule has 0 aliphatic heterocycles. The maximum absolute atomic E-state index is 12.3. The van der Waals surface area contributed by atoms with Gasteiger partial charge in [-0.05, 0) is 30.3 Å². The molecular formula is C20H14Cl2N4O2S. The molecule has 0 fully saturated rings. The number of H-pyrrole nitrogens is 1. The first-order chi connectivity index (χ1) is 14.0. The van der Waals surface area contributed by atoms with Gasteiger partial charge >= 0.3 is 0 Å². The Morgan fingerprint density at radius 2 is 1.97 bits per heavy atom. The van der Waals surface area contributed by atoms with E-state index in [0.29, 0.717) is 44.0 Å². The second kappa shape index (κ2) is 8.32. The number of aromatic amines is 1. The van der Waals surface area contributed by atoms with Crippen molar-refractivity contribution < 1.29 is 4.79 Å². The zero-order valence-corrected chi connectivity index (χ0v) is 17.2. The number of fused-ring (bicyclic) bond motifs is 1. The van der Waals surface area contributed by atoms with Gasteiger partial charge < -0.3 is 10.3 Å². The van der Waals surface area contributed by atoms with E-state index in [1.165, 1.54) is 11.3 Å². The molecule has 0 atom stereocenters. The number of aryl methyl sites for hydroxylation is 1. The van der Waals surface area contributed by atoms with Crippen molar-refractivity contribution in [2.24, 2.45) is 0 Å². The van der Waals surface area contributed by atoms with Crippen LogP contribution in [0, 0.1) is 0 Å². The minimum atomic E-state index is -0.219. The number of rotatable bonds is 5. The maximum atomic E-state index is 12.3. The first-order valence-corrected chi connectivity index (χ1v) is 10.3. The van der Waals surface area contributed by atoms with E-state index in [-0.39, 0.29) is 17.9 Å². The number of hydrogen-bond acceptors (Lipinski definition) is 5. The van der Waals surface area contributed by atoms with Gasteiger partial charge in [0, 0.05) is 28.8 Å². The average molecular weight is 445 g/mol. The highest BCUT2D eigenvalue weighted by molar-refractivity contribution is 7.14. The first kappa shape index (κ1) is 19.6. The lowest BCUT2D eigenvalue weighted by Gasteiger charge is -2.04. The lowest BCUT2D eigenvalue weighted by atomic mass is 10.2. The Labute approximate surface area is 179 Å². The topological polar surface area (TPSA) is 87.7 Å². The molecule has 2 aromatic carbocycles. The van der Waals surface area contributed by atoms with Crippen LogP contribution >= 0.6 is 34.5 Å². The fourth-order valence-electron chi connectivity index (χ4n) is 2.82. The molecule has 0 spiro atoms. The number of amides is 1. The molecule has 2 heterocycles. The summed E-state index contributed by atoms with van der Waals surface area (Å²) in [5.74, 6) is 0.250. The lowest BCUT2D eigenvalue weighted by Crippen LogP contribution is -2.16. The third-order valence-electron chi connectivity index (χ3n) is 4.21. The Morgan fingerprint density at radius 3 is 2.79 bits per heavy atom. The molecule has 0 aliphatic rings. The van der Waals surface area contributed by atoms with Crippen molar-refractivity contribution in [3.05, 3.63) is 74.1 Å². The molecule has 146 valence electrons. The fourth-order valence-corrected chi connectivity index (χ4v) is 4.05. The van der Waals surface area contributed by atoms with E-state index in [2.05, 4.69) is 20.3 Å². The predicted molar refractivity (Wildman–Crippen MR) is 117 cm³/mol. The molecule has 0 bridgehead atoms. The van der Waals surface area contributed by atoms with Crippen molar-refractivity contribution in [3.63, 3.8) is 0 Å². The van der Waals surface area contributed by atoms with Crippen LogP contribution in [0.4, 0.5) is 5.13 Å². The number of hydrogen-bond donors (Lipinski definition) is 2. The summed E-state index contributed by atoms with van der Waals surface area (Å²) in [6, 6.07) is 12.3. The van der Waals surface area contributed by atoms with Crippen LogP contribution < -0.4 is 10.9 Å². The second-order valence-electron chi connectivity index (χ2n) is 6.24. The number of nitrogens with zero attached hydrogens (tertiary/aromatic N) is 2. The van der Waals surface area contributed by atoms with E-state index in [1.54, 1.807) is 36.4 Å². The molecule has 0 saturated carbocycles. The van der Waals surface area contributed by atoms with Gasteiger partial charge in [0.2, 0.25) is 5.91 Å². The summed E-state index contributed by atoms with van der Waals surface area (Å²) in [7, 11) is 0. The molecular weight excluding hydrogens is 431 g/mol. The smallest absolute Gasteiger partial charge is 0.258 e.